The number of hydrogen-bond acceptors (Lipinski definition) is 8. The first-order valence-electron chi connectivity index (χ1n) is 13.4. The molecule has 6 rings (SSSR count). The largest absolute Gasteiger partial charge is 0.484 e. The molecule has 0 unspecified atom stereocenters. The quantitative estimate of drug-likeness (QED) is 0.389. The van der Waals surface area contributed by atoms with Gasteiger partial charge in [0.25, 0.3) is 11.5 Å². The highest BCUT2D eigenvalue weighted by atomic mass is 16.6. The van der Waals surface area contributed by atoms with Crippen molar-refractivity contribution in [2.45, 2.75) is 51.0 Å². The summed E-state index contributed by atoms with van der Waals surface area (Å²) in [6.45, 7) is 3.29. The molecule has 1 aromatic carbocycles. The predicted octanol–water partition coefficient (Wildman–Crippen LogP) is 2.01. The summed E-state index contributed by atoms with van der Waals surface area (Å²) >= 11 is 0. The van der Waals surface area contributed by atoms with Crippen LogP contribution in [0, 0.1) is 0 Å². The molecule has 2 aromatic heterocycles. The number of benzene rings is 1. The Morgan fingerprint density at radius 1 is 1.21 bits per heavy atom. The Bertz CT molecular complexity index is 1560. The number of likely N-dealkylation sites (tertiary alicyclic amines) is 1. The third-order valence-corrected chi connectivity index (χ3v) is 8.39. The molecule has 5 heterocycles. The number of fused-ring (bicyclic) bond motifs is 5. The molecule has 0 bridgehead atoms. The van der Waals surface area contributed by atoms with Crippen LogP contribution in [0.3, 0.4) is 0 Å². The number of aliphatic hydroxyl groups is 1. The van der Waals surface area contributed by atoms with Crippen molar-refractivity contribution in [2.75, 3.05) is 33.8 Å². The van der Waals surface area contributed by atoms with E-state index in [1.807, 2.05) is 23.1 Å². The van der Waals surface area contributed by atoms with Crippen LogP contribution in [0.2, 0.25) is 0 Å². The maximum absolute atomic E-state index is 13.3. The van der Waals surface area contributed by atoms with E-state index in [9.17, 15) is 19.5 Å². The van der Waals surface area contributed by atoms with E-state index in [-0.39, 0.29) is 31.1 Å². The molecule has 1 fully saturated rings. The smallest absolute Gasteiger partial charge is 0.343 e. The van der Waals surface area contributed by atoms with Gasteiger partial charge in [-0.05, 0) is 63.7 Å². The number of esters is 1. The predicted molar refractivity (Wildman–Crippen MR) is 143 cm³/mol. The van der Waals surface area contributed by atoms with Crippen molar-refractivity contribution in [3.8, 4) is 17.1 Å². The summed E-state index contributed by atoms with van der Waals surface area (Å²) in [7, 11) is 4.14. The van der Waals surface area contributed by atoms with Crippen LogP contribution in [-0.4, -0.2) is 76.2 Å². The number of piperidine rings is 1. The Hall–Kier alpha value is -3.76. The van der Waals surface area contributed by atoms with Gasteiger partial charge >= 0.3 is 5.97 Å². The first kappa shape index (κ1) is 25.5. The van der Waals surface area contributed by atoms with Gasteiger partial charge < -0.3 is 28.9 Å². The van der Waals surface area contributed by atoms with E-state index in [4.69, 9.17) is 14.5 Å². The van der Waals surface area contributed by atoms with Gasteiger partial charge in [-0.3, -0.25) is 9.59 Å². The van der Waals surface area contributed by atoms with Crippen molar-refractivity contribution in [3.63, 3.8) is 0 Å². The van der Waals surface area contributed by atoms with Gasteiger partial charge in [0.1, 0.15) is 12.4 Å². The van der Waals surface area contributed by atoms with E-state index in [0.29, 0.717) is 46.4 Å². The molecule has 3 aromatic rings. The number of aromatic nitrogens is 2. The van der Waals surface area contributed by atoms with Crippen LogP contribution >= 0.6 is 0 Å². The third kappa shape index (κ3) is 4.18. The van der Waals surface area contributed by atoms with E-state index in [0.717, 1.165) is 36.9 Å². The van der Waals surface area contributed by atoms with Gasteiger partial charge in [-0.15, -0.1) is 0 Å². The van der Waals surface area contributed by atoms with E-state index >= 15 is 0 Å². The number of carbonyl (C=O) groups excluding carboxylic acids is 2. The molecule has 10 heteroatoms. The minimum Gasteiger partial charge on any atom is -0.484 e. The van der Waals surface area contributed by atoms with Crippen molar-refractivity contribution in [1.29, 1.82) is 0 Å². The van der Waals surface area contributed by atoms with Gasteiger partial charge in [0.15, 0.2) is 12.2 Å². The third-order valence-electron chi connectivity index (χ3n) is 8.39. The summed E-state index contributed by atoms with van der Waals surface area (Å²) in [4.78, 5) is 47.3. The normalized spacial score (nSPS) is 20.5. The van der Waals surface area contributed by atoms with Crippen molar-refractivity contribution in [3.05, 3.63) is 57.4 Å². The van der Waals surface area contributed by atoms with Crippen molar-refractivity contribution >= 4 is 22.8 Å². The zero-order chi connectivity index (χ0) is 27.5. The van der Waals surface area contributed by atoms with E-state index in [1.165, 1.54) is 0 Å². The van der Waals surface area contributed by atoms with Gasteiger partial charge in [0.2, 0.25) is 0 Å². The van der Waals surface area contributed by atoms with Gasteiger partial charge in [-0.1, -0.05) is 6.92 Å². The molecule has 10 nitrogen and oxygen atoms in total. The van der Waals surface area contributed by atoms with Crippen LogP contribution in [0.4, 0.5) is 0 Å². The van der Waals surface area contributed by atoms with Crippen LogP contribution in [-0.2, 0) is 33.1 Å². The lowest BCUT2D eigenvalue weighted by Gasteiger charge is -2.35. The van der Waals surface area contributed by atoms with Crippen LogP contribution in [0.25, 0.3) is 22.3 Å². The minimum atomic E-state index is -1.85. The second kappa shape index (κ2) is 9.46. The lowest BCUT2D eigenvalue weighted by Crippen LogP contribution is -2.45. The Kier molecular flexibility index (Phi) is 6.19. The van der Waals surface area contributed by atoms with Gasteiger partial charge in [0.05, 0.1) is 29.0 Å². The highest BCUT2D eigenvalue weighted by molar-refractivity contribution is 5.87. The van der Waals surface area contributed by atoms with Crippen LogP contribution in [0.1, 0.15) is 42.9 Å². The van der Waals surface area contributed by atoms with Crippen LogP contribution in [0.15, 0.2) is 35.1 Å². The Morgan fingerprint density at radius 3 is 2.69 bits per heavy atom. The zero-order valence-corrected chi connectivity index (χ0v) is 22.4. The maximum Gasteiger partial charge on any atom is 0.343 e. The number of hydrogen-bond donors (Lipinski definition) is 1. The summed E-state index contributed by atoms with van der Waals surface area (Å²) in [5, 5.41) is 11.9. The molecular weight excluding hydrogens is 500 g/mol. The standard InChI is InChI=1S/C29H32N4O6/c1-4-29(37)22-13-24-26-18(14-33(24)27(35)21(22)15-39-28(29)36)11-17-12-20(5-6-23(17)30-26)38-16-25(34)32-9-7-19(8-10-32)31(2)3/h5-6,11-13,19,37H,4,7-10,14-16H2,1-3H3/t29-/m0/s1. The highest BCUT2D eigenvalue weighted by Crippen LogP contribution is 2.38. The Balaban J connectivity index is 1.24. The average Bonchev–Trinajstić information content (AvgIpc) is 3.30. The minimum absolute atomic E-state index is 0.0207. The summed E-state index contributed by atoms with van der Waals surface area (Å²) < 4.78 is 12.6. The molecule has 1 atom stereocenters. The summed E-state index contributed by atoms with van der Waals surface area (Å²) in [5.74, 6) is -0.184. The molecular formula is C29H32N4O6. The van der Waals surface area contributed by atoms with Crippen LogP contribution < -0.4 is 10.3 Å². The number of carbonyl (C=O) groups is 2. The van der Waals surface area contributed by atoms with Crippen molar-refractivity contribution in [2.24, 2.45) is 0 Å². The van der Waals surface area contributed by atoms with E-state index in [1.54, 1.807) is 23.6 Å². The summed E-state index contributed by atoms with van der Waals surface area (Å²) in [6.07, 6.45) is 2.02. The average molecular weight is 533 g/mol. The first-order valence-corrected chi connectivity index (χ1v) is 13.4. The highest BCUT2D eigenvalue weighted by Gasteiger charge is 2.45. The van der Waals surface area contributed by atoms with E-state index < -0.39 is 11.6 Å². The van der Waals surface area contributed by atoms with Gasteiger partial charge in [-0.2, -0.15) is 0 Å². The number of ether oxygens (including phenoxy) is 2. The molecule has 1 N–H and O–H groups in total. The second-order valence-electron chi connectivity index (χ2n) is 10.8. The number of nitrogens with zero attached hydrogens (tertiary/aromatic N) is 4. The Morgan fingerprint density at radius 2 is 1.97 bits per heavy atom. The van der Waals surface area contributed by atoms with Crippen LogP contribution in [0.5, 0.6) is 5.75 Å². The Labute approximate surface area is 225 Å². The summed E-state index contributed by atoms with van der Waals surface area (Å²) in [6, 6.07) is 9.65. The lowest BCUT2D eigenvalue weighted by atomic mass is 9.86. The molecule has 0 spiro atoms. The molecule has 0 radical (unpaired) electrons. The van der Waals surface area contributed by atoms with Gasteiger partial charge in [0, 0.05) is 35.6 Å². The molecule has 1 saturated heterocycles. The molecule has 3 aliphatic heterocycles. The monoisotopic (exact) mass is 532 g/mol. The second-order valence-corrected chi connectivity index (χ2v) is 10.8. The number of rotatable bonds is 5. The van der Waals surface area contributed by atoms with Crippen molar-refractivity contribution < 1.29 is 24.2 Å². The fraction of sp³-hybridized carbons (Fsp3) is 0.448. The molecule has 0 aliphatic carbocycles. The molecule has 0 saturated carbocycles. The maximum atomic E-state index is 13.3. The van der Waals surface area contributed by atoms with Gasteiger partial charge in [-0.25, -0.2) is 9.78 Å². The SMILES string of the molecule is CC[C@@]1(O)C(=O)OCc2c1cc1n(c2=O)Cc2cc3cc(OCC(=O)N4CCC(N(C)C)CC4)ccc3nc2-1. The summed E-state index contributed by atoms with van der Waals surface area (Å²) in [5.41, 5.74) is 1.23. The zero-order valence-electron chi connectivity index (χ0n) is 22.4. The fourth-order valence-electron chi connectivity index (χ4n) is 5.92. The molecule has 39 heavy (non-hydrogen) atoms. The number of cyclic esters (lactones) is 1. The fourth-order valence-corrected chi connectivity index (χ4v) is 5.92. The van der Waals surface area contributed by atoms with Crippen molar-refractivity contribution in [1.82, 2.24) is 19.4 Å². The topological polar surface area (TPSA) is 114 Å². The number of amides is 1. The van der Waals surface area contributed by atoms with E-state index in [2.05, 4.69) is 19.0 Å². The molecule has 1 amide bonds. The molecule has 3 aliphatic rings. The molecule has 204 valence electrons. The lowest BCUT2D eigenvalue weighted by molar-refractivity contribution is -0.172. The first-order chi connectivity index (χ1) is 18.7. The number of pyridine rings is 2.